The molecule has 0 aromatic heterocycles. The number of carbonyl (C=O) groups excluding carboxylic acids is 1. The Balaban J connectivity index is 2.17. The topological polar surface area (TPSA) is 60.9 Å². The number of carboxylic acid groups (broad SMARTS) is 1. The van der Waals surface area contributed by atoms with Crippen LogP contribution in [0.3, 0.4) is 0 Å². The summed E-state index contributed by atoms with van der Waals surface area (Å²) >= 11 is 0. The van der Waals surface area contributed by atoms with Crippen LogP contribution in [0.25, 0.3) is 0 Å². The lowest BCUT2D eigenvalue weighted by Crippen LogP contribution is -2.45. The zero-order valence-electron chi connectivity index (χ0n) is 10.5. The van der Waals surface area contributed by atoms with E-state index in [9.17, 15) is 14.0 Å². The second-order valence-corrected chi connectivity index (χ2v) is 4.55. The number of hydrogen-bond acceptors (Lipinski definition) is 2. The van der Waals surface area contributed by atoms with Crippen LogP contribution in [0.4, 0.5) is 14.9 Å². The molecule has 1 aromatic rings. The quantitative estimate of drug-likeness (QED) is 0.905. The predicted octanol–water partition coefficient (Wildman–Crippen LogP) is 1.93. The van der Waals surface area contributed by atoms with Crippen molar-refractivity contribution in [2.45, 2.75) is 18.9 Å². The first-order valence-electron chi connectivity index (χ1n) is 6.01. The third-order valence-corrected chi connectivity index (χ3v) is 3.04. The van der Waals surface area contributed by atoms with Gasteiger partial charge in [-0.05, 0) is 25.0 Å². The number of amides is 2. The zero-order valence-corrected chi connectivity index (χ0v) is 10.5. The Hall–Kier alpha value is -2.11. The van der Waals surface area contributed by atoms with Crippen LogP contribution in [0.15, 0.2) is 24.3 Å². The van der Waals surface area contributed by atoms with E-state index in [1.165, 1.54) is 30.1 Å². The number of urea groups is 1. The molecule has 0 atom stereocenters. The van der Waals surface area contributed by atoms with Crippen molar-refractivity contribution in [3.8, 4) is 0 Å². The van der Waals surface area contributed by atoms with Gasteiger partial charge in [-0.3, -0.25) is 9.69 Å². The summed E-state index contributed by atoms with van der Waals surface area (Å²) in [4.78, 5) is 25.4. The molecule has 0 saturated heterocycles. The van der Waals surface area contributed by atoms with E-state index < -0.39 is 17.8 Å². The van der Waals surface area contributed by atoms with Crippen molar-refractivity contribution in [2.75, 3.05) is 18.5 Å². The van der Waals surface area contributed by atoms with Gasteiger partial charge in [0.1, 0.15) is 12.4 Å². The minimum atomic E-state index is -1.07. The van der Waals surface area contributed by atoms with E-state index in [4.69, 9.17) is 5.11 Å². The average molecular weight is 266 g/mol. The van der Waals surface area contributed by atoms with Gasteiger partial charge in [0.05, 0.1) is 5.69 Å². The van der Waals surface area contributed by atoms with E-state index in [-0.39, 0.29) is 18.3 Å². The monoisotopic (exact) mass is 266 g/mol. The highest BCUT2D eigenvalue weighted by atomic mass is 19.1. The number of para-hydroxylation sites is 1. The van der Waals surface area contributed by atoms with Gasteiger partial charge in [-0.25, -0.2) is 9.18 Å². The van der Waals surface area contributed by atoms with Crippen molar-refractivity contribution in [1.29, 1.82) is 0 Å². The maximum absolute atomic E-state index is 13.6. The fourth-order valence-electron chi connectivity index (χ4n) is 1.90. The van der Waals surface area contributed by atoms with Crippen LogP contribution in [0, 0.1) is 5.82 Å². The molecule has 2 rings (SSSR count). The number of nitrogens with zero attached hydrogens (tertiary/aromatic N) is 2. The van der Waals surface area contributed by atoms with Gasteiger partial charge in [0.2, 0.25) is 0 Å². The highest BCUT2D eigenvalue weighted by Gasteiger charge is 2.35. The number of rotatable bonds is 4. The molecule has 1 aliphatic rings. The summed E-state index contributed by atoms with van der Waals surface area (Å²) in [5.41, 5.74) is 0.142. The molecular weight excluding hydrogens is 251 g/mol. The SMILES string of the molecule is CN(C(=O)N(CC(=O)O)C1CC1)c1ccccc1F. The van der Waals surface area contributed by atoms with Crippen molar-refractivity contribution in [3.63, 3.8) is 0 Å². The second-order valence-electron chi connectivity index (χ2n) is 4.55. The van der Waals surface area contributed by atoms with Crippen molar-refractivity contribution >= 4 is 17.7 Å². The molecule has 0 heterocycles. The fourth-order valence-corrected chi connectivity index (χ4v) is 1.90. The molecule has 1 N–H and O–H groups in total. The molecule has 2 amide bonds. The molecule has 6 heteroatoms. The summed E-state index contributed by atoms with van der Waals surface area (Å²) in [5.74, 6) is -1.58. The Morgan fingerprint density at radius 3 is 2.53 bits per heavy atom. The number of aliphatic carboxylic acids is 1. The van der Waals surface area contributed by atoms with E-state index in [2.05, 4.69) is 0 Å². The molecule has 1 aliphatic carbocycles. The summed E-state index contributed by atoms with van der Waals surface area (Å²) in [6.07, 6.45) is 1.59. The second kappa shape index (κ2) is 5.26. The largest absolute Gasteiger partial charge is 0.480 e. The third kappa shape index (κ3) is 3.01. The van der Waals surface area contributed by atoms with Crippen LogP contribution in [0.5, 0.6) is 0 Å². The first-order valence-corrected chi connectivity index (χ1v) is 6.01. The smallest absolute Gasteiger partial charge is 0.325 e. The minimum absolute atomic E-state index is 0.0437. The maximum Gasteiger partial charge on any atom is 0.325 e. The van der Waals surface area contributed by atoms with Crippen LogP contribution in [0.2, 0.25) is 0 Å². The Kier molecular flexibility index (Phi) is 3.69. The van der Waals surface area contributed by atoms with Crippen molar-refractivity contribution in [3.05, 3.63) is 30.1 Å². The summed E-state index contributed by atoms with van der Waals surface area (Å²) in [5, 5.41) is 8.83. The van der Waals surface area contributed by atoms with Crippen LogP contribution < -0.4 is 4.90 Å². The Bertz CT molecular complexity index is 502. The molecule has 0 bridgehead atoms. The van der Waals surface area contributed by atoms with Crippen molar-refractivity contribution in [2.24, 2.45) is 0 Å². The standard InChI is InChI=1S/C13H15FN2O3/c1-15(11-5-3-2-4-10(11)14)13(19)16(8-12(17)18)9-6-7-9/h2-5,9H,6-8H2,1H3,(H,17,18). The van der Waals surface area contributed by atoms with Crippen LogP contribution in [-0.2, 0) is 4.79 Å². The first-order chi connectivity index (χ1) is 9.00. The van der Waals surface area contributed by atoms with Gasteiger partial charge >= 0.3 is 12.0 Å². The normalized spacial score (nSPS) is 14.0. The van der Waals surface area contributed by atoms with E-state index in [0.717, 1.165) is 17.7 Å². The lowest BCUT2D eigenvalue weighted by atomic mass is 10.3. The molecule has 5 nitrogen and oxygen atoms in total. The molecule has 1 fully saturated rings. The molecular formula is C13H15FN2O3. The predicted molar refractivity (Wildman–Crippen MR) is 67.6 cm³/mol. The van der Waals surface area contributed by atoms with Crippen molar-refractivity contribution in [1.82, 2.24) is 4.90 Å². The Labute approximate surface area is 110 Å². The number of benzene rings is 1. The van der Waals surface area contributed by atoms with E-state index >= 15 is 0 Å². The van der Waals surface area contributed by atoms with Gasteiger partial charge in [-0.15, -0.1) is 0 Å². The molecule has 0 unspecified atom stereocenters. The first kappa shape index (κ1) is 13.3. The number of hydrogen-bond donors (Lipinski definition) is 1. The van der Waals surface area contributed by atoms with Crippen LogP contribution >= 0.6 is 0 Å². The van der Waals surface area contributed by atoms with E-state index in [0.29, 0.717) is 0 Å². The summed E-state index contributed by atoms with van der Waals surface area (Å²) in [6, 6.07) is 5.37. The fraction of sp³-hybridized carbons (Fsp3) is 0.385. The lowest BCUT2D eigenvalue weighted by Gasteiger charge is -2.27. The molecule has 0 spiro atoms. The van der Waals surface area contributed by atoms with Gasteiger partial charge in [0.25, 0.3) is 0 Å². The summed E-state index contributed by atoms with van der Waals surface area (Å²) in [6.45, 7) is -0.359. The Morgan fingerprint density at radius 1 is 1.37 bits per heavy atom. The maximum atomic E-state index is 13.6. The molecule has 19 heavy (non-hydrogen) atoms. The lowest BCUT2D eigenvalue weighted by molar-refractivity contribution is -0.137. The van der Waals surface area contributed by atoms with E-state index in [1.807, 2.05) is 0 Å². The molecule has 0 aliphatic heterocycles. The van der Waals surface area contributed by atoms with Crippen LogP contribution in [-0.4, -0.2) is 41.6 Å². The number of halogens is 1. The number of carbonyl (C=O) groups is 2. The van der Waals surface area contributed by atoms with Gasteiger partial charge in [0.15, 0.2) is 0 Å². The number of carboxylic acids is 1. The number of anilines is 1. The Morgan fingerprint density at radius 2 is 2.00 bits per heavy atom. The highest BCUT2D eigenvalue weighted by molar-refractivity contribution is 5.93. The molecule has 102 valence electrons. The molecule has 1 saturated carbocycles. The summed E-state index contributed by atoms with van der Waals surface area (Å²) in [7, 11) is 1.44. The van der Waals surface area contributed by atoms with E-state index in [1.54, 1.807) is 6.07 Å². The minimum Gasteiger partial charge on any atom is -0.480 e. The van der Waals surface area contributed by atoms with Gasteiger partial charge in [-0.2, -0.15) is 0 Å². The molecule has 1 aromatic carbocycles. The van der Waals surface area contributed by atoms with Gasteiger partial charge in [-0.1, -0.05) is 12.1 Å². The van der Waals surface area contributed by atoms with Gasteiger partial charge in [0, 0.05) is 13.1 Å². The third-order valence-electron chi connectivity index (χ3n) is 3.04. The van der Waals surface area contributed by atoms with Crippen LogP contribution in [0.1, 0.15) is 12.8 Å². The summed E-state index contributed by atoms with van der Waals surface area (Å²) < 4.78 is 13.6. The zero-order chi connectivity index (χ0) is 14.0. The average Bonchev–Trinajstić information content (AvgIpc) is 3.19. The molecule has 0 radical (unpaired) electrons. The van der Waals surface area contributed by atoms with Crippen molar-refractivity contribution < 1.29 is 19.1 Å². The van der Waals surface area contributed by atoms with Gasteiger partial charge < -0.3 is 10.0 Å². The highest BCUT2D eigenvalue weighted by Crippen LogP contribution is 2.29.